The van der Waals surface area contributed by atoms with Gasteiger partial charge in [-0.05, 0) is 24.3 Å². The molecule has 0 fully saturated rings. The third kappa shape index (κ3) is 3.13. The molecule has 0 saturated heterocycles. The Kier molecular flexibility index (Phi) is 4.56. The maximum absolute atomic E-state index is 9.71. The first-order chi connectivity index (χ1) is 12.0. The van der Waals surface area contributed by atoms with Crippen LogP contribution in [-0.2, 0) is 0 Å². The smallest absolute Gasteiger partial charge is 0.205 e. The topological polar surface area (TPSA) is 88.5 Å². The van der Waals surface area contributed by atoms with Gasteiger partial charge in [-0.25, -0.2) is 0 Å². The molecule has 0 amide bonds. The van der Waals surface area contributed by atoms with Gasteiger partial charge in [0.1, 0.15) is 35.5 Å². The minimum Gasteiger partial charge on any atom is -0.508 e. The summed E-state index contributed by atoms with van der Waals surface area (Å²) in [4.78, 5) is 0. The number of nitriles is 1. The van der Waals surface area contributed by atoms with Gasteiger partial charge in [-0.15, -0.1) is 6.42 Å². The van der Waals surface area contributed by atoms with E-state index in [2.05, 4.69) is 27.9 Å². The summed E-state index contributed by atoms with van der Waals surface area (Å²) in [7, 11) is 0. The summed E-state index contributed by atoms with van der Waals surface area (Å²) in [6, 6.07) is 12.3. The highest BCUT2D eigenvalue weighted by atomic mass is 79.9. The third-order valence-electron chi connectivity index (χ3n) is 3.80. The number of fused-ring (bicyclic) bond motifs is 1. The lowest BCUT2D eigenvalue weighted by Gasteiger charge is -2.27. The molecule has 0 saturated carbocycles. The van der Waals surface area contributed by atoms with Gasteiger partial charge in [-0.1, -0.05) is 27.9 Å². The van der Waals surface area contributed by atoms with Crippen molar-refractivity contribution in [2.75, 3.05) is 6.61 Å². The normalized spacial score (nSPS) is 15.6. The second-order valence-electron chi connectivity index (χ2n) is 5.32. The van der Waals surface area contributed by atoms with Gasteiger partial charge in [0.05, 0.1) is 5.92 Å². The highest BCUT2D eigenvalue weighted by Crippen LogP contribution is 2.46. The average Bonchev–Trinajstić information content (AvgIpc) is 2.59. The summed E-state index contributed by atoms with van der Waals surface area (Å²) in [6.45, 7) is 0.0986. The number of halogens is 1. The first-order valence-electron chi connectivity index (χ1n) is 7.31. The lowest BCUT2D eigenvalue weighted by molar-refractivity contribution is 0.361. The molecule has 3 rings (SSSR count). The number of hydrogen-bond acceptors (Lipinski definition) is 5. The number of phenolic OH excluding ortho intramolecular Hbond substituents is 1. The SMILES string of the molecule is C#CCOc1ccc(Br)cc1[C@H]1C(C#N)=C(N)Oc2cc(O)ccc21. The van der Waals surface area contributed by atoms with Crippen LogP contribution >= 0.6 is 15.9 Å². The van der Waals surface area contributed by atoms with Gasteiger partial charge in [0.15, 0.2) is 0 Å². The van der Waals surface area contributed by atoms with Gasteiger partial charge in [0, 0.05) is 21.7 Å². The molecule has 6 heteroatoms. The van der Waals surface area contributed by atoms with Crippen LogP contribution in [0.15, 0.2) is 52.3 Å². The van der Waals surface area contributed by atoms with Crippen LogP contribution in [-0.4, -0.2) is 11.7 Å². The Labute approximate surface area is 153 Å². The number of benzene rings is 2. The molecule has 0 aromatic heterocycles. The Morgan fingerprint density at radius 3 is 2.80 bits per heavy atom. The molecular weight excluding hydrogens is 384 g/mol. The number of phenols is 1. The van der Waals surface area contributed by atoms with Gasteiger partial charge in [-0.2, -0.15) is 5.26 Å². The number of nitrogens with two attached hydrogens (primary N) is 1. The summed E-state index contributed by atoms with van der Waals surface area (Å²) < 4.78 is 12.0. The van der Waals surface area contributed by atoms with E-state index >= 15 is 0 Å². The fraction of sp³-hybridized carbons (Fsp3) is 0.105. The van der Waals surface area contributed by atoms with E-state index in [9.17, 15) is 10.4 Å². The molecule has 5 nitrogen and oxygen atoms in total. The number of allylic oxidation sites excluding steroid dienone is 1. The van der Waals surface area contributed by atoms with Crippen molar-refractivity contribution in [3.63, 3.8) is 0 Å². The summed E-state index contributed by atoms with van der Waals surface area (Å²) in [5, 5.41) is 19.3. The highest BCUT2D eigenvalue weighted by Gasteiger charge is 2.32. The van der Waals surface area contributed by atoms with Crippen LogP contribution in [0.4, 0.5) is 0 Å². The van der Waals surface area contributed by atoms with Gasteiger partial charge < -0.3 is 20.3 Å². The molecule has 124 valence electrons. The van der Waals surface area contributed by atoms with E-state index in [1.54, 1.807) is 12.1 Å². The van der Waals surface area contributed by atoms with E-state index in [-0.39, 0.29) is 23.8 Å². The first kappa shape index (κ1) is 16.8. The van der Waals surface area contributed by atoms with E-state index < -0.39 is 5.92 Å². The van der Waals surface area contributed by atoms with Crippen LogP contribution in [0.25, 0.3) is 0 Å². The molecule has 1 aliphatic heterocycles. The van der Waals surface area contributed by atoms with Crippen molar-refractivity contribution >= 4 is 15.9 Å². The molecule has 0 bridgehead atoms. The molecule has 0 aliphatic carbocycles. The standard InChI is InChI=1S/C19H13BrN2O3/c1-2-7-24-16-6-3-11(20)8-14(16)18-13-5-4-12(23)9-17(13)25-19(22)15(18)10-21/h1,3-6,8-9,18,23H,7,22H2/t18-/m0/s1. The molecule has 1 aliphatic rings. The fourth-order valence-corrected chi connectivity index (χ4v) is 3.14. The zero-order valence-electron chi connectivity index (χ0n) is 13.0. The molecule has 1 heterocycles. The van der Waals surface area contributed by atoms with E-state index in [0.717, 1.165) is 10.0 Å². The Bertz CT molecular complexity index is 954. The fourth-order valence-electron chi connectivity index (χ4n) is 2.76. The largest absolute Gasteiger partial charge is 0.508 e. The number of aromatic hydroxyl groups is 1. The average molecular weight is 397 g/mol. The van der Waals surface area contributed by atoms with Crippen LogP contribution in [0, 0.1) is 23.7 Å². The van der Waals surface area contributed by atoms with Crippen LogP contribution in [0.2, 0.25) is 0 Å². The van der Waals surface area contributed by atoms with Crippen molar-refractivity contribution in [3.8, 4) is 35.7 Å². The Morgan fingerprint density at radius 2 is 2.08 bits per heavy atom. The third-order valence-corrected chi connectivity index (χ3v) is 4.29. The zero-order valence-corrected chi connectivity index (χ0v) is 14.6. The number of nitrogens with zero attached hydrogens (tertiary/aromatic N) is 1. The van der Waals surface area contributed by atoms with Gasteiger partial charge in [0.25, 0.3) is 0 Å². The van der Waals surface area contributed by atoms with Crippen molar-refractivity contribution in [2.45, 2.75) is 5.92 Å². The molecule has 1 atom stereocenters. The Hall–Kier alpha value is -3.09. The Balaban J connectivity index is 2.23. The molecule has 0 unspecified atom stereocenters. The summed E-state index contributed by atoms with van der Waals surface area (Å²) in [5.74, 6) is 2.91. The highest BCUT2D eigenvalue weighted by molar-refractivity contribution is 9.10. The second kappa shape index (κ2) is 6.80. The molecule has 25 heavy (non-hydrogen) atoms. The van der Waals surface area contributed by atoms with E-state index in [1.165, 1.54) is 12.1 Å². The van der Waals surface area contributed by atoms with Crippen molar-refractivity contribution in [3.05, 3.63) is 63.5 Å². The van der Waals surface area contributed by atoms with Crippen molar-refractivity contribution in [1.82, 2.24) is 0 Å². The van der Waals surface area contributed by atoms with E-state index in [0.29, 0.717) is 17.1 Å². The second-order valence-corrected chi connectivity index (χ2v) is 6.24. The zero-order chi connectivity index (χ0) is 18.0. The number of hydrogen-bond donors (Lipinski definition) is 2. The maximum Gasteiger partial charge on any atom is 0.205 e. The van der Waals surface area contributed by atoms with Crippen LogP contribution in [0.3, 0.4) is 0 Å². The van der Waals surface area contributed by atoms with Crippen molar-refractivity contribution in [1.29, 1.82) is 5.26 Å². The number of terminal acetylenes is 1. The number of ether oxygens (including phenoxy) is 2. The maximum atomic E-state index is 9.71. The van der Waals surface area contributed by atoms with Crippen molar-refractivity contribution in [2.24, 2.45) is 5.73 Å². The van der Waals surface area contributed by atoms with Crippen LogP contribution in [0.1, 0.15) is 17.0 Å². The molecular formula is C19H13BrN2O3. The Morgan fingerprint density at radius 1 is 1.28 bits per heavy atom. The molecule has 0 spiro atoms. The van der Waals surface area contributed by atoms with E-state index in [1.807, 2.05) is 12.1 Å². The summed E-state index contributed by atoms with van der Waals surface area (Å²) in [6.07, 6.45) is 5.29. The monoisotopic (exact) mass is 396 g/mol. The van der Waals surface area contributed by atoms with Crippen LogP contribution < -0.4 is 15.2 Å². The first-order valence-corrected chi connectivity index (χ1v) is 8.10. The predicted molar refractivity (Wildman–Crippen MR) is 95.9 cm³/mol. The number of rotatable bonds is 3. The van der Waals surface area contributed by atoms with Gasteiger partial charge >= 0.3 is 0 Å². The predicted octanol–water partition coefficient (Wildman–Crippen LogP) is 3.38. The minimum atomic E-state index is -0.500. The summed E-state index contributed by atoms with van der Waals surface area (Å²) in [5.41, 5.74) is 7.63. The molecule has 2 aromatic rings. The lowest BCUT2D eigenvalue weighted by Crippen LogP contribution is -2.21. The minimum absolute atomic E-state index is 0.00604. The lowest BCUT2D eigenvalue weighted by atomic mass is 9.83. The van der Waals surface area contributed by atoms with E-state index in [4.69, 9.17) is 21.6 Å². The van der Waals surface area contributed by atoms with Crippen molar-refractivity contribution < 1.29 is 14.6 Å². The van der Waals surface area contributed by atoms with Crippen LogP contribution in [0.5, 0.6) is 17.2 Å². The van der Waals surface area contributed by atoms with Gasteiger partial charge in [0.2, 0.25) is 5.88 Å². The molecule has 2 aromatic carbocycles. The van der Waals surface area contributed by atoms with Gasteiger partial charge in [-0.3, -0.25) is 0 Å². The summed E-state index contributed by atoms with van der Waals surface area (Å²) >= 11 is 3.44. The molecule has 0 radical (unpaired) electrons. The molecule has 3 N–H and O–H groups in total. The quantitative estimate of drug-likeness (QED) is 0.776.